The summed E-state index contributed by atoms with van der Waals surface area (Å²) in [7, 11) is 1.73. The Labute approximate surface area is 338 Å². The number of phenols is 1. The molecule has 13 heteroatoms. The number of hydrogen-bond donors (Lipinski definition) is 1. The second kappa shape index (κ2) is 13.1. The number of thiophene rings is 1. The van der Waals surface area contributed by atoms with Crippen LogP contribution >= 0.6 is 22.9 Å². The molecular weight excluding hydrogens is 762 g/mol. The third-order valence-corrected chi connectivity index (χ3v) is 14.7. The lowest BCUT2D eigenvalue weighted by atomic mass is 9.51. The highest BCUT2D eigenvalue weighted by Gasteiger charge is 2.68. The summed E-state index contributed by atoms with van der Waals surface area (Å²) in [6, 6.07) is 21.9. The number of phenolic OH excluding ortho intramolecular Hbond substituents is 1. The number of morpholine rings is 1. The van der Waals surface area contributed by atoms with Gasteiger partial charge in [0.15, 0.2) is 0 Å². The number of aromatic hydroxyl groups is 1. The number of fused-ring (bicyclic) bond motifs is 5. The molecule has 5 aliphatic rings. The fraction of sp³-hybridized carbons (Fsp3) is 0.341. The molecule has 2 aromatic heterocycles. The number of nitrogens with zero attached hydrogens (tertiary/aromatic N) is 5. The van der Waals surface area contributed by atoms with Gasteiger partial charge in [-0.25, -0.2) is 4.90 Å². The van der Waals surface area contributed by atoms with Gasteiger partial charge in [-0.1, -0.05) is 35.4 Å². The number of carbonyl (C=O) groups excluding carboxylic acids is 4. The van der Waals surface area contributed by atoms with Gasteiger partial charge in [0.25, 0.3) is 0 Å². The van der Waals surface area contributed by atoms with Gasteiger partial charge in [0.1, 0.15) is 17.3 Å². The van der Waals surface area contributed by atoms with Crippen molar-refractivity contribution in [3.05, 3.63) is 101 Å². The number of anilines is 3. The van der Waals surface area contributed by atoms with Crippen LogP contribution in [-0.4, -0.2) is 64.8 Å². The molecule has 3 aliphatic heterocycles. The normalized spacial score (nSPS) is 27.3. The van der Waals surface area contributed by atoms with Crippen molar-refractivity contribution in [2.75, 3.05) is 41.0 Å². The average Bonchev–Trinajstić information content (AvgIpc) is 3.89. The number of carbonyl (C=O) groups is 4. The molecule has 0 bridgehead atoms. The summed E-state index contributed by atoms with van der Waals surface area (Å²) in [5.41, 5.74) is 3.61. The summed E-state index contributed by atoms with van der Waals surface area (Å²) in [5, 5.41) is 16.8. The molecule has 1 N–H and O–H groups in total. The summed E-state index contributed by atoms with van der Waals surface area (Å²) in [5.74, 6) is -3.89. The number of rotatable bonds is 5. The SMILES string of the molecule is Cc1c(-c2cc(N3C(=O)[C@@H]4C[C@@H]5C(=CC[C@@H]6C(=O)N(c7ccc(N8CCOCC8)cc7)C(=O)[C@@H]65)[C@H](c5ccc(O)cc5)[C@]4(C)C3=O)n(C)n2)sc2ccc(Cl)cc12. The fourth-order valence-corrected chi connectivity index (χ4v) is 11.7. The van der Waals surface area contributed by atoms with E-state index in [0.29, 0.717) is 41.9 Å². The van der Waals surface area contributed by atoms with Crippen molar-refractivity contribution in [2.24, 2.45) is 36.1 Å². The average molecular weight is 802 g/mol. The van der Waals surface area contributed by atoms with E-state index in [4.69, 9.17) is 21.4 Å². The van der Waals surface area contributed by atoms with Crippen LogP contribution in [0.2, 0.25) is 5.02 Å². The highest BCUT2D eigenvalue weighted by Crippen LogP contribution is 2.64. The van der Waals surface area contributed by atoms with Gasteiger partial charge < -0.3 is 14.7 Å². The van der Waals surface area contributed by atoms with Crippen LogP contribution in [0, 0.1) is 36.0 Å². The molecular formula is C44H40ClN5O6S. The van der Waals surface area contributed by atoms with E-state index in [1.807, 2.05) is 62.4 Å². The van der Waals surface area contributed by atoms with E-state index in [2.05, 4.69) is 4.90 Å². The summed E-state index contributed by atoms with van der Waals surface area (Å²) >= 11 is 7.91. The Bertz CT molecular complexity index is 2560. The lowest BCUT2D eigenvalue weighted by molar-refractivity contribution is -0.131. The number of benzene rings is 3. The topological polar surface area (TPSA) is 125 Å². The molecule has 5 aromatic rings. The van der Waals surface area contributed by atoms with Crippen LogP contribution in [0.15, 0.2) is 84.4 Å². The molecule has 0 radical (unpaired) electrons. The van der Waals surface area contributed by atoms with Gasteiger partial charge in [-0.3, -0.25) is 28.8 Å². The second-order valence-corrected chi connectivity index (χ2v) is 17.6. The van der Waals surface area contributed by atoms with Crippen LogP contribution in [0.4, 0.5) is 17.2 Å². The van der Waals surface area contributed by atoms with Gasteiger partial charge in [-0.15, -0.1) is 11.3 Å². The van der Waals surface area contributed by atoms with Gasteiger partial charge in [-0.2, -0.15) is 5.10 Å². The van der Waals surface area contributed by atoms with E-state index in [0.717, 1.165) is 50.4 Å². The van der Waals surface area contributed by atoms with Crippen LogP contribution in [-0.2, 0) is 31.0 Å². The summed E-state index contributed by atoms with van der Waals surface area (Å²) in [6.45, 7) is 6.71. The van der Waals surface area contributed by atoms with Crippen LogP contribution < -0.4 is 14.7 Å². The molecule has 0 unspecified atom stereocenters. The number of aryl methyl sites for hydroxylation is 2. The largest absolute Gasteiger partial charge is 0.508 e. The van der Waals surface area contributed by atoms with E-state index >= 15 is 4.79 Å². The molecule has 290 valence electrons. The standard InChI is InChI=1S/C44H40ClN5O6S/c1-23-31-20-25(45)6-15-35(31)57-39(23)34-22-36(47(3)46-34)50-41(53)33-21-32-29(38(44(33,2)43(50)55)24-4-11-28(51)12-5-24)13-14-30-37(32)42(54)49(40(30)52)27-9-7-26(8-10-27)48-16-18-56-19-17-48/h4-13,15,20,22,30,32-33,37-38,51H,14,16-19,21H2,1-3H3/t30-,32+,33-,37-,38-,44+/m0/s1. The van der Waals surface area contributed by atoms with Crippen molar-refractivity contribution in [3.8, 4) is 16.3 Å². The molecule has 6 atom stereocenters. The Balaban J connectivity index is 1.02. The zero-order chi connectivity index (χ0) is 39.5. The Morgan fingerprint density at radius 1 is 0.877 bits per heavy atom. The second-order valence-electron chi connectivity index (χ2n) is 16.1. The first-order chi connectivity index (χ1) is 27.4. The predicted molar refractivity (Wildman–Crippen MR) is 218 cm³/mol. The minimum Gasteiger partial charge on any atom is -0.508 e. The fourth-order valence-electron chi connectivity index (χ4n) is 10.4. The molecule has 4 amide bonds. The third-order valence-electron chi connectivity index (χ3n) is 13.2. The third kappa shape index (κ3) is 5.29. The van der Waals surface area contributed by atoms with Crippen molar-refractivity contribution in [2.45, 2.75) is 32.6 Å². The maximum Gasteiger partial charge on any atom is 0.242 e. The number of aromatic nitrogens is 2. The number of imide groups is 2. The molecule has 5 heterocycles. The van der Waals surface area contributed by atoms with Crippen molar-refractivity contribution in [1.29, 1.82) is 0 Å². The lowest BCUT2D eigenvalue weighted by Crippen LogP contribution is -2.48. The Hall–Kier alpha value is -5.30. The van der Waals surface area contributed by atoms with Crippen LogP contribution in [0.25, 0.3) is 20.7 Å². The molecule has 10 rings (SSSR count). The van der Waals surface area contributed by atoms with Crippen molar-refractivity contribution < 1.29 is 29.0 Å². The van der Waals surface area contributed by atoms with Gasteiger partial charge >= 0.3 is 0 Å². The zero-order valence-electron chi connectivity index (χ0n) is 31.6. The Morgan fingerprint density at radius 2 is 1.60 bits per heavy atom. The van der Waals surface area contributed by atoms with Gasteiger partial charge in [-0.05, 0) is 104 Å². The molecule has 57 heavy (non-hydrogen) atoms. The highest BCUT2D eigenvalue weighted by molar-refractivity contribution is 7.22. The van der Waals surface area contributed by atoms with Gasteiger partial charge in [0, 0.05) is 47.5 Å². The molecule has 3 saturated heterocycles. The van der Waals surface area contributed by atoms with Crippen molar-refractivity contribution in [1.82, 2.24) is 9.78 Å². The van der Waals surface area contributed by atoms with Crippen LogP contribution in [0.3, 0.4) is 0 Å². The molecule has 1 saturated carbocycles. The highest BCUT2D eigenvalue weighted by atomic mass is 35.5. The lowest BCUT2D eigenvalue weighted by Gasteiger charge is -2.49. The minimum atomic E-state index is -1.22. The monoisotopic (exact) mass is 801 g/mol. The first-order valence-corrected chi connectivity index (χ1v) is 20.6. The number of allylic oxidation sites excluding steroid dienone is 2. The Morgan fingerprint density at radius 3 is 2.33 bits per heavy atom. The van der Waals surface area contributed by atoms with E-state index in [1.54, 1.807) is 53.4 Å². The molecule has 3 aromatic carbocycles. The summed E-state index contributed by atoms with van der Waals surface area (Å²) in [6.07, 6.45) is 2.62. The summed E-state index contributed by atoms with van der Waals surface area (Å²) < 4.78 is 8.14. The van der Waals surface area contributed by atoms with Crippen molar-refractivity contribution in [3.63, 3.8) is 0 Å². The first kappa shape index (κ1) is 36.1. The van der Waals surface area contributed by atoms with Gasteiger partial charge in [0.05, 0.1) is 46.9 Å². The van der Waals surface area contributed by atoms with Crippen LogP contribution in [0.1, 0.15) is 36.8 Å². The maximum absolute atomic E-state index is 15.1. The van der Waals surface area contributed by atoms with E-state index in [9.17, 15) is 19.5 Å². The van der Waals surface area contributed by atoms with Gasteiger partial charge in [0.2, 0.25) is 23.6 Å². The molecule has 2 aliphatic carbocycles. The number of amides is 4. The van der Waals surface area contributed by atoms with Crippen molar-refractivity contribution >= 4 is 73.8 Å². The van der Waals surface area contributed by atoms with Crippen LogP contribution in [0.5, 0.6) is 5.75 Å². The Kier molecular flexibility index (Phi) is 8.30. The zero-order valence-corrected chi connectivity index (χ0v) is 33.2. The smallest absolute Gasteiger partial charge is 0.242 e. The molecule has 4 fully saturated rings. The number of ether oxygens (including phenoxy) is 1. The van der Waals surface area contributed by atoms with E-state index < -0.39 is 35.0 Å². The summed E-state index contributed by atoms with van der Waals surface area (Å²) in [4.78, 5) is 64.6. The predicted octanol–water partition coefficient (Wildman–Crippen LogP) is 7.24. The first-order valence-electron chi connectivity index (χ1n) is 19.4. The minimum absolute atomic E-state index is 0.0778. The molecule has 0 spiro atoms. The number of halogens is 1. The van der Waals surface area contributed by atoms with E-state index in [1.165, 1.54) is 9.80 Å². The van der Waals surface area contributed by atoms with E-state index in [-0.39, 0.29) is 35.8 Å². The quantitative estimate of drug-likeness (QED) is 0.146. The molecule has 11 nitrogen and oxygen atoms in total. The number of hydrogen-bond acceptors (Lipinski definition) is 9. The maximum atomic E-state index is 15.1.